The molecule has 412 valence electrons. The number of allylic oxidation sites excluding steroid dienone is 6. The monoisotopic (exact) mass is 984 g/mol. The van der Waals surface area contributed by atoms with Crippen LogP contribution in [0, 0.1) is 0 Å². The molecular weight excluding hydrogens is 863 g/mol. The molecule has 0 spiro atoms. The van der Waals surface area contributed by atoms with E-state index in [0.29, 0.717) is 25.9 Å². The lowest BCUT2D eigenvalue weighted by Crippen LogP contribution is -2.45. The molecule has 0 aliphatic rings. The van der Waals surface area contributed by atoms with Gasteiger partial charge in [0.1, 0.15) is 0 Å². The lowest BCUT2D eigenvalue weighted by Gasteiger charge is -2.22. The first kappa shape index (κ1) is 68.1. The summed E-state index contributed by atoms with van der Waals surface area (Å²) in [7, 11) is 0. The molecule has 3 N–H and O–H groups in total. The highest BCUT2D eigenvalue weighted by atomic mass is 16.5. The number of esters is 1. The molecule has 0 bridgehead atoms. The normalized spacial score (nSPS) is 12.8. The van der Waals surface area contributed by atoms with Crippen LogP contribution >= 0.6 is 0 Å². The van der Waals surface area contributed by atoms with Crippen LogP contribution in [0.2, 0.25) is 0 Å². The zero-order chi connectivity index (χ0) is 50.7. The van der Waals surface area contributed by atoms with E-state index in [9.17, 15) is 19.8 Å². The second-order valence-corrected chi connectivity index (χ2v) is 21.4. The summed E-state index contributed by atoms with van der Waals surface area (Å²) in [4.78, 5) is 24.6. The fraction of sp³-hybridized carbons (Fsp3) is 0.875. The molecule has 2 unspecified atom stereocenters. The van der Waals surface area contributed by atoms with Crippen molar-refractivity contribution in [1.82, 2.24) is 5.32 Å². The van der Waals surface area contributed by atoms with Gasteiger partial charge in [-0.25, -0.2) is 0 Å². The van der Waals surface area contributed by atoms with Gasteiger partial charge in [0.25, 0.3) is 0 Å². The van der Waals surface area contributed by atoms with Crippen molar-refractivity contribution in [3.63, 3.8) is 0 Å². The van der Waals surface area contributed by atoms with Crippen LogP contribution < -0.4 is 5.32 Å². The lowest BCUT2D eigenvalue weighted by atomic mass is 10.0. The Hall–Kier alpha value is -1.92. The minimum Gasteiger partial charge on any atom is -0.466 e. The second kappa shape index (κ2) is 59.6. The standard InChI is InChI=1S/C64H121NO5/c1-3-5-7-9-11-13-15-17-19-20-25-29-32-36-40-44-48-52-56-62(67)61(60-66)65-63(68)57-53-49-45-41-37-33-30-26-23-21-22-24-27-31-35-39-43-47-51-55-59-70-64(69)58-54-50-46-42-38-34-28-18-16-14-12-10-8-6-4-2/h12,14,18,21,23,28,61-62,66-67H,3-11,13,15-17,19-20,22,24-27,29-60H2,1-2H3,(H,65,68)/b14-12-,23-21-,28-18-. The molecule has 0 aliphatic carbocycles. The van der Waals surface area contributed by atoms with Gasteiger partial charge >= 0.3 is 5.97 Å². The molecule has 0 aliphatic heterocycles. The summed E-state index contributed by atoms with van der Waals surface area (Å²) in [5.74, 6) is -0.0493. The number of amides is 1. The van der Waals surface area contributed by atoms with Crippen molar-refractivity contribution in [3.05, 3.63) is 36.5 Å². The Morgan fingerprint density at radius 3 is 1.13 bits per heavy atom. The maximum Gasteiger partial charge on any atom is 0.305 e. The minimum atomic E-state index is -0.671. The van der Waals surface area contributed by atoms with Gasteiger partial charge in [-0.3, -0.25) is 9.59 Å². The van der Waals surface area contributed by atoms with Gasteiger partial charge in [-0.05, 0) is 83.5 Å². The molecule has 0 saturated heterocycles. The van der Waals surface area contributed by atoms with Crippen LogP contribution in [0.3, 0.4) is 0 Å². The van der Waals surface area contributed by atoms with Crippen molar-refractivity contribution in [2.24, 2.45) is 0 Å². The third-order valence-corrected chi connectivity index (χ3v) is 14.4. The first-order valence-corrected chi connectivity index (χ1v) is 31.2. The van der Waals surface area contributed by atoms with E-state index >= 15 is 0 Å². The average molecular weight is 985 g/mol. The Balaban J connectivity index is 3.44. The molecule has 70 heavy (non-hydrogen) atoms. The van der Waals surface area contributed by atoms with Crippen molar-refractivity contribution in [2.75, 3.05) is 13.2 Å². The quantitative estimate of drug-likeness (QED) is 0.0321. The van der Waals surface area contributed by atoms with E-state index in [1.165, 1.54) is 250 Å². The summed E-state index contributed by atoms with van der Waals surface area (Å²) in [5.41, 5.74) is 0. The first-order valence-electron chi connectivity index (χ1n) is 31.2. The van der Waals surface area contributed by atoms with Gasteiger partial charge in [-0.2, -0.15) is 0 Å². The molecule has 0 aromatic carbocycles. The second-order valence-electron chi connectivity index (χ2n) is 21.4. The summed E-state index contributed by atoms with van der Waals surface area (Å²) in [6.07, 6.45) is 74.3. The van der Waals surface area contributed by atoms with Crippen LogP contribution in [-0.4, -0.2) is 47.4 Å². The SMILES string of the molecule is CCCCC/C=C\C/C=C\CCCCCCCC(=O)OCCCCCCCCCCC/C=C\CCCCCCCCCC(=O)NC(CO)C(O)CCCCCCCCCCCCCCCCCCCC. The summed E-state index contributed by atoms with van der Waals surface area (Å²) in [6, 6.07) is -0.549. The number of carbonyl (C=O) groups is 2. The van der Waals surface area contributed by atoms with Gasteiger partial charge in [0.15, 0.2) is 0 Å². The Kier molecular flexibility index (Phi) is 58.0. The Bertz CT molecular complexity index is 1130. The number of rotatable bonds is 58. The maximum atomic E-state index is 12.5. The number of hydrogen-bond acceptors (Lipinski definition) is 5. The van der Waals surface area contributed by atoms with Crippen LogP contribution in [0.4, 0.5) is 0 Å². The molecule has 6 heteroatoms. The molecular formula is C64H121NO5. The van der Waals surface area contributed by atoms with E-state index in [4.69, 9.17) is 4.74 Å². The van der Waals surface area contributed by atoms with Gasteiger partial charge in [0.2, 0.25) is 5.91 Å². The number of aliphatic hydroxyl groups is 2. The molecule has 0 heterocycles. The molecule has 6 nitrogen and oxygen atoms in total. The van der Waals surface area contributed by atoms with E-state index < -0.39 is 12.1 Å². The van der Waals surface area contributed by atoms with Crippen LogP contribution in [-0.2, 0) is 14.3 Å². The molecule has 0 aromatic rings. The predicted molar refractivity (Wildman–Crippen MR) is 306 cm³/mol. The number of nitrogens with one attached hydrogen (secondary N) is 1. The molecule has 0 fully saturated rings. The van der Waals surface area contributed by atoms with Gasteiger partial charge in [0, 0.05) is 12.8 Å². The Morgan fingerprint density at radius 2 is 0.714 bits per heavy atom. The number of ether oxygens (including phenoxy) is 1. The van der Waals surface area contributed by atoms with Crippen molar-refractivity contribution in [2.45, 2.75) is 347 Å². The van der Waals surface area contributed by atoms with Crippen LogP contribution in [0.25, 0.3) is 0 Å². The van der Waals surface area contributed by atoms with E-state index in [1.54, 1.807) is 0 Å². The van der Waals surface area contributed by atoms with Crippen LogP contribution in [0.15, 0.2) is 36.5 Å². The summed E-state index contributed by atoms with van der Waals surface area (Å²) < 4.78 is 5.47. The van der Waals surface area contributed by atoms with E-state index in [2.05, 4.69) is 55.6 Å². The average Bonchev–Trinajstić information content (AvgIpc) is 3.36. The highest BCUT2D eigenvalue weighted by Crippen LogP contribution is 2.17. The maximum absolute atomic E-state index is 12.5. The third-order valence-electron chi connectivity index (χ3n) is 14.4. The van der Waals surface area contributed by atoms with E-state index in [-0.39, 0.29) is 18.5 Å². The van der Waals surface area contributed by atoms with Gasteiger partial charge < -0.3 is 20.3 Å². The predicted octanol–water partition coefficient (Wildman–Crippen LogP) is 19.6. The van der Waals surface area contributed by atoms with Gasteiger partial charge in [-0.1, -0.05) is 275 Å². The van der Waals surface area contributed by atoms with E-state index in [1.807, 2.05) is 0 Å². The molecule has 2 atom stereocenters. The number of hydrogen-bond donors (Lipinski definition) is 3. The number of unbranched alkanes of at least 4 members (excludes halogenated alkanes) is 41. The number of aliphatic hydroxyl groups excluding tert-OH is 2. The smallest absolute Gasteiger partial charge is 0.305 e. The summed E-state index contributed by atoms with van der Waals surface area (Å²) >= 11 is 0. The topological polar surface area (TPSA) is 95.9 Å². The fourth-order valence-corrected chi connectivity index (χ4v) is 9.61. The zero-order valence-electron chi connectivity index (χ0n) is 47.0. The van der Waals surface area contributed by atoms with Crippen LogP contribution in [0.1, 0.15) is 335 Å². The minimum absolute atomic E-state index is 0.00756. The van der Waals surface area contributed by atoms with Crippen molar-refractivity contribution in [1.29, 1.82) is 0 Å². The zero-order valence-corrected chi connectivity index (χ0v) is 47.0. The van der Waals surface area contributed by atoms with Gasteiger partial charge in [-0.15, -0.1) is 0 Å². The largest absolute Gasteiger partial charge is 0.466 e. The summed E-state index contributed by atoms with van der Waals surface area (Å²) in [5, 5.41) is 23.3. The molecule has 0 saturated carbocycles. The van der Waals surface area contributed by atoms with Crippen molar-refractivity contribution in [3.8, 4) is 0 Å². The van der Waals surface area contributed by atoms with E-state index in [0.717, 1.165) is 51.4 Å². The Labute approximate surface area is 436 Å². The van der Waals surface area contributed by atoms with Crippen LogP contribution in [0.5, 0.6) is 0 Å². The Morgan fingerprint density at radius 1 is 0.400 bits per heavy atom. The fourth-order valence-electron chi connectivity index (χ4n) is 9.61. The lowest BCUT2D eigenvalue weighted by molar-refractivity contribution is -0.143. The molecule has 0 radical (unpaired) electrons. The summed E-state index contributed by atoms with van der Waals surface area (Å²) in [6.45, 7) is 4.93. The first-order chi connectivity index (χ1) is 34.5. The number of carbonyl (C=O) groups excluding carboxylic acids is 2. The third kappa shape index (κ3) is 55.4. The van der Waals surface area contributed by atoms with Gasteiger partial charge in [0.05, 0.1) is 25.4 Å². The highest BCUT2D eigenvalue weighted by molar-refractivity contribution is 5.76. The van der Waals surface area contributed by atoms with Crippen molar-refractivity contribution >= 4 is 11.9 Å². The molecule has 1 amide bonds. The highest BCUT2D eigenvalue weighted by Gasteiger charge is 2.20. The molecule has 0 aromatic heterocycles. The van der Waals surface area contributed by atoms with Crippen molar-refractivity contribution < 1.29 is 24.5 Å². The molecule has 0 rings (SSSR count).